The standard InChI is InChI=1S/C6H13NO2.C5H4N4O3/c1-3-4(2)5(7)6(8)9;10-3-1-2(7-4(11)6-1)8-5(12)9-3/h4-5H,3,7H2,1-2H3,(H,8,9);(H4,6,7,8,9,10,11,12)/t4-,5-;/m0./s1. The molecule has 0 radical (unpaired) electrons. The Morgan fingerprint density at radius 2 is 1.67 bits per heavy atom. The van der Waals surface area contributed by atoms with Crippen molar-refractivity contribution < 1.29 is 9.90 Å². The fraction of sp³-hybridized carbons (Fsp3) is 0.455. The number of rotatable bonds is 3. The Hall–Kier alpha value is -2.62. The average molecular weight is 299 g/mol. The van der Waals surface area contributed by atoms with Crippen LogP contribution in [0.25, 0.3) is 11.2 Å². The minimum Gasteiger partial charge on any atom is -0.480 e. The monoisotopic (exact) mass is 299 g/mol. The van der Waals surface area contributed by atoms with Gasteiger partial charge in [-0.25, -0.2) is 9.59 Å². The van der Waals surface area contributed by atoms with Gasteiger partial charge in [-0.1, -0.05) is 20.3 Å². The summed E-state index contributed by atoms with van der Waals surface area (Å²) in [6.45, 7) is 3.76. The molecule has 0 spiro atoms. The third kappa shape index (κ3) is 4.18. The van der Waals surface area contributed by atoms with Gasteiger partial charge in [0.2, 0.25) is 0 Å². The molecule has 2 aromatic rings. The molecule has 0 aliphatic rings. The van der Waals surface area contributed by atoms with Crippen LogP contribution in [-0.4, -0.2) is 37.1 Å². The van der Waals surface area contributed by atoms with E-state index in [2.05, 4.69) is 15.0 Å². The van der Waals surface area contributed by atoms with Crippen molar-refractivity contribution in [2.45, 2.75) is 26.3 Å². The summed E-state index contributed by atoms with van der Waals surface area (Å²) < 4.78 is 0. The van der Waals surface area contributed by atoms with Gasteiger partial charge in [0, 0.05) is 0 Å². The molecular weight excluding hydrogens is 282 g/mol. The smallest absolute Gasteiger partial charge is 0.327 e. The van der Waals surface area contributed by atoms with Gasteiger partial charge in [0.25, 0.3) is 5.56 Å². The van der Waals surface area contributed by atoms with Gasteiger partial charge in [-0.3, -0.25) is 29.5 Å². The molecular formula is C11H17N5O5. The van der Waals surface area contributed by atoms with Gasteiger partial charge in [-0.15, -0.1) is 0 Å². The molecule has 0 saturated heterocycles. The number of imidazole rings is 1. The van der Waals surface area contributed by atoms with E-state index in [1.54, 1.807) is 0 Å². The number of aromatic amines is 4. The fourth-order valence-corrected chi connectivity index (χ4v) is 1.46. The van der Waals surface area contributed by atoms with E-state index >= 15 is 0 Å². The molecule has 21 heavy (non-hydrogen) atoms. The van der Waals surface area contributed by atoms with Crippen molar-refractivity contribution in [3.8, 4) is 0 Å². The maximum absolute atomic E-state index is 10.9. The zero-order chi connectivity index (χ0) is 16.2. The van der Waals surface area contributed by atoms with Crippen LogP contribution in [-0.2, 0) is 4.79 Å². The van der Waals surface area contributed by atoms with Crippen LogP contribution < -0.4 is 22.7 Å². The van der Waals surface area contributed by atoms with Crippen LogP contribution in [0.1, 0.15) is 20.3 Å². The van der Waals surface area contributed by atoms with Gasteiger partial charge in [-0.2, -0.15) is 0 Å². The normalized spacial score (nSPS) is 13.3. The lowest BCUT2D eigenvalue weighted by Crippen LogP contribution is -2.36. The minimum absolute atomic E-state index is 0.0413. The van der Waals surface area contributed by atoms with E-state index in [1.165, 1.54) is 0 Å². The first-order valence-electron chi connectivity index (χ1n) is 6.19. The molecule has 0 bridgehead atoms. The summed E-state index contributed by atoms with van der Waals surface area (Å²) in [4.78, 5) is 51.2. The minimum atomic E-state index is -0.913. The summed E-state index contributed by atoms with van der Waals surface area (Å²) in [6, 6.07) is -0.699. The zero-order valence-electron chi connectivity index (χ0n) is 11.5. The molecule has 116 valence electrons. The third-order valence-electron chi connectivity index (χ3n) is 2.96. The Morgan fingerprint density at radius 3 is 2.10 bits per heavy atom. The second-order valence-corrected chi connectivity index (χ2v) is 4.49. The average Bonchev–Trinajstić information content (AvgIpc) is 2.78. The van der Waals surface area contributed by atoms with Crippen molar-refractivity contribution in [3.05, 3.63) is 31.3 Å². The van der Waals surface area contributed by atoms with Gasteiger partial charge in [0.1, 0.15) is 17.2 Å². The summed E-state index contributed by atoms with van der Waals surface area (Å²) in [6.07, 6.45) is 0.813. The highest BCUT2D eigenvalue weighted by molar-refractivity contribution is 5.73. The van der Waals surface area contributed by atoms with Gasteiger partial charge in [0.05, 0.1) is 0 Å². The van der Waals surface area contributed by atoms with Crippen LogP contribution in [0.4, 0.5) is 0 Å². The number of aromatic nitrogens is 4. The van der Waals surface area contributed by atoms with Gasteiger partial charge in [-0.05, 0) is 5.92 Å². The van der Waals surface area contributed by atoms with Crippen LogP contribution in [0.3, 0.4) is 0 Å². The highest BCUT2D eigenvalue weighted by atomic mass is 16.4. The number of carboxylic acids is 1. The van der Waals surface area contributed by atoms with Gasteiger partial charge >= 0.3 is 17.3 Å². The lowest BCUT2D eigenvalue weighted by Gasteiger charge is -2.11. The number of nitrogens with one attached hydrogen (secondary N) is 4. The molecule has 0 aliphatic heterocycles. The number of H-pyrrole nitrogens is 4. The number of aliphatic carboxylic acids is 1. The van der Waals surface area contributed by atoms with Crippen molar-refractivity contribution >= 4 is 17.1 Å². The molecule has 2 heterocycles. The van der Waals surface area contributed by atoms with E-state index in [9.17, 15) is 19.2 Å². The maximum atomic E-state index is 10.9. The molecule has 0 saturated carbocycles. The van der Waals surface area contributed by atoms with Crippen molar-refractivity contribution in [2.24, 2.45) is 11.7 Å². The summed E-state index contributed by atoms with van der Waals surface area (Å²) in [5, 5.41) is 8.36. The maximum Gasteiger partial charge on any atom is 0.327 e. The second-order valence-electron chi connectivity index (χ2n) is 4.49. The first-order valence-corrected chi connectivity index (χ1v) is 6.19. The van der Waals surface area contributed by atoms with E-state index < -0.39 is 28.9 Å². The first-order chi connectivity index (χ1) is 9.76. The fourth-order valence-electron chi connectivity index (χ4n) is 1.46. The van der Waals surface area contributed by atoms with E-state index in [-0.39, 0.29) is 17.1 Å². The van der Waals surface area contributed by atoms with Crippen LogP contribution in [0.15, 0.2) is 14.4 Å². The summed E-state index contributed by atoms with van der Waals surface area (Å²) in [5.74, 6) is -0.841. The molecule has 2 rings (SSSR count). The largest absolute Gasteiger partial charge is 0.480 e. The number of fused-ring (bicyclic) bond motifs is 1. The highest BCUT2D eigenvalue weighted by Crippen LogP contribution is 2.04. The summed E-state index contributed by atoms with van der Waals surface area (Å²) in [7, 11) is 0. The molecule has 0 aliphatic carbocycles. The number of nitrogens with two attached hydrogens (primary N) is 1. The molecule has 10 nitrogen and oxygen atoms in total. The van der Waals surface area contributed by atoms with Gasteiger partial charge < -0.3 is 10.8 Å². The van der Waals surface area contributed by atoms with Crippen LogP contribution in [0.2, 0.25) is 0 Å². The van der Waals surface area contributed by atoms with E-state index in [4.69, 9.17) is 10.8 Å². The lowest BCUT2D eigenvalue weighted by atomic mass is 10.0. The Kier molecular flexibility index (Phi) is 5.24. The number of carbonyl (C=O) groups is 1. The zero-order valence-corrected chi connectivity index (χ0v) is 11.5. The van der Waals surface area contributed by atoms with E-state index in [1.807, 2.05) is 18.8 Å². The Morgan fingerprint density at radius 1 is 1.14 bits per heavy atom. The Bertz CT molecular complexity index is 782. The molecule has 0 aromatic carbocycles. The third-order valence-corrected chi connectivity index (χ3v) is 2.96. The molecule has 2 atom stereocenters. The lowest BCUT2D eigenvalue weighted by molar-refractivity contribution is -0.139. The van der Waals surface area contributed by atoms with Gasteiger partial charge in [0.15, 0.2) is 0 Å². The predicted molar refractivity (Wildman–Crippen MR) is 75.2 cm³/mol. The van der Waals surface area contributed by atoms with E-state index in [0.717, 1.165) is 6.42 Å². The molecule has 2 aromatic heterocycles. The first kappa shape index (κ1) is 16.4. The molecule has 0 amide bonds. The summed E-state index contributed by atoms with van der Waals surface area (Å²) in [5.41, 5.74) is 3.62. The molecule has 0 unspecified atom stereocenters. The second kappa shape index (κ2) is 6.70. The van der Waals surface area contributed by atoms with E-state index in [0.29, 0.717) is 0 Å². The van der Waals surface area contributed by atoms with Crippen molar-refractivity contribution in [3.63, 3.8) is 0 Å². The summed E-state index contributed by atoms with van der Waals surface area (Å²) >= 11 is 0. The predicted octanol–water partition coefficient (Wildman–Crippen LogP) is -1.32. The Balaban J connectivity index is 0.000000222. The Labute approximate surface area is 117 Å². The van der Waals surface area contributed by atoms with Crippen molar-refractivity contribution in [1.82, 2.24) is 19.9 Å². The van der Waals surface area contributed by atoms with Crippen LogP contribution in [0, 0.1) is 5.92 Å². The van der Waals surface area contributed by atoms with Crippen LogP contribution in [0.5, 0.6) is 0 Å². The molecule has 0 fully saturated rings. The molecule has 7 N–H and O–H groups in total. The molecule has 10 heteroatoms. The quantitative estimate of drug-likeness (QED) is 0.409. The highest BCUT2D eigenvalue weighted by Gasteiger charge is 2.17. The van der Waals surface area contributed by atoms with Crippen molar-refractivity contribution in [2.75, 3.05) is 0 Å². The number of hydrogen-bond donors (Lipinski definition) is 6. The van der Waals surface area contributed by atoms with Crippen LogP contribution >= 0.6 is 0 Å². The topological polar surface area (TPSA) is 178 Å². The number of hydrogen-bond acceptors (Lipinski definition) is 5. The van der Waals surface area contributed by atoms with Crippen molar-refractivity contribution in [1.29, 1.82) is 0 Å². The number of carboxylic acid groups (broad SMARTS) is 1. The SMILES string of the molecule is CC[C@H](C)[C@H](N)C(=O)O.O=c1[nH]c(=O)c2[nH]c(=O)[nH]c2[nH]1.